The number of allylic oxidation sites excluding steroid dienone is 2. The van der Waals surface area contributed by atoms with Gasteiger partial charge in [-0.3, -0.25) is 0 Å². The van der Waals surface area contributed by atoms with Gasteiger partial charge in [-0.25, -0.2) is 0 Å². The predicted molar refractivity (Wildman–Crippen MR) is 104 cm³/mol. The first-order valence-electron chi connectivity index (χ1n) is 10.5. The highest BCUT2D eigenvalue weighted by atomic mass is 19.4. The number of benzene rings is 1. The van der Waals surface area contributed by atoms with Crippen LogP contribution in [0.5, 0.6) is 5.75 Å². The first kappa shape index (κ1) is 21.7. The second-order valence-electron chi connectivity index (χ2n) is 8.19. The van der Waals surface area contributed by atoms with Gasteiger partial charge in [-0.2, -0.15) is 5.26 Å². The van der Waals surface area contributed by atoms with Crippen LogP contribution in [-0.2, 0) is 4.74 Å². The van der Waals surface area contributed by atoms with Gasteiger partial charge in [0.25, 0.3) is 0 Å². The number of alkyl halides is 3. The summed E-state index contributed by atoms with van der Waals surface area (Å²) in [6, 6.07) is 8.34. The van der Waals surface area contributed by atoms with Crippen molar-refractivity contribution in [3.8, 4) is 11.8 Å². The zero-order chi connectivity index (χ0) is 20.7. The molecule has 0 unspecified atom stereocenters. The number of halogens is 3. The molecule has 0 heterocycles. The van der Waals surface area contributed by atoms with E-state index in [0.29, 0.717) is 17.8 Å². The van der Waals surface area contributed by atoms with Crippen LogP contribution in [0, 0.1) is 23.2 Å². The lowest BCUT2D eigenvalue weighted by Crippen LogP contribution is -2.25. The largest absolute Gasteiger partial charge is 0.573 e. The van der Waals surface area contributed by atoms with E-state index in [1.165, 1.54) is 12.1 Å². The third-order valence-corrected chi connectivity index (χ3v) is 6.16. The molecule has 2 saturated carbocycles. The Bertz CT molecular complexity index is 692. The summed E-state index contributed by atoms with van der Waals surface area (Å²) in [5, 5.41) is 8.62. The maximum Gasteiger partial charge on any atom is 0.573 e. The van der Waals surface area contributed by atoms with Gasteiger partial charge in [0, 0.05) is 12.7 Å². The molecule has 0 N–H and O–H groups in total. The first-order valence-corrected chi connectivity index (χ1v) is 10.5. The molecule has 3 rings (SSSR count). The monoisotopic (exact) mass is 407 g/mol. The number of nitriles is 1. The minimum absolute atomic E-state index is 0.170. The Kier molecular flexibility index (Phi) is 7.60. The lowest BCUT2D eigenvalue weighted by molar-refractivity contribution is -0.274. The van der Waals surface area contributed by atoms with Gasteiger partial charge in [-0.1, -0.05) is 18.2 Å². The number of ether oxygens (including phenoxy) is 2. The molecule has 1 aromatic rings. The fourth-order valence-corrected chi connectivity index (χ4v) is 4.50. The molecule has 0 amide bonds. The summed E-state index contributed by atoms with van der Waals surface area (Å²) in [5.41, 5.74) is 1.07. The van der Waals surface area contributed by atoms with Crippen LogP contribution < -0.4 is 4.74 Å². The van der Waals surface area contributed by atoms with Crippen LogP contribution in [0.25, 0.3) is 0 Å². The van der Waals surface area contributed by atoms with Crippen molar-refractivity contribution in [3.05, 3.63) is 42.0 Å². The first-order chi connectivity index (χ1) is 13.9. The second kappa shape index (κ2) is 10.2. The normalized spacial score (nSPS) is 28.2. The Labute approximate surface area is 170 Å². The molecule has 2 aliphatic carbocycles. The zero-order valence-corrected chi connectivity index (χ0v) is 16.5. The molecule has 0 spiro atoms. The van der Waals surface area contributed by atoms with E-state index in [2.05, 4.69) is 10.8 Å². The predicted octanol–water partition coefficient (Wildman–Crippen LogP) is 6.51. The Hall–Kier alpha value is -2.00. The molecule has 0 bridgehead atoms. The van der Waals surface area contributed by atoms with Gasteiger partial charge in [0.2, 0.25) is 0 Å². The average Bonchev–Trinajstić information content (AvgIpc) is 2.71. The SMILES string of the molecule is N#CC=CC1CCC(COC2CCC(c3ccc(OC(F)(F)F)cc3)CC2)CC1. The molecule has 2 aliphatic rings. The van der Waals surface area contributed by atoms with Crippen LogP contribution in [0.3, 0.4) is 0 Å². The van der Waals surface area contributed by atoms with E-state index in [-0.39, 0.29) is 11.9 Å². The summed E-state index contributed by atoms with van der Waals surface area (Å²) in [4.78, 5) is 0. The van der Waals surface area contributed by atoms with E-state index < -0.39 is 6.36 Å². The summed E-state index contributed by atoms with van der Waals surface area (Å²) in [7, 11) is 0. The topological polar surface area (TPSA) is 42.2 Å². The highest BCUT2D eigenvalue weighted by Crippen LogP contribution is 2.36. The van der Waals surface area contributed by atoms with Crippen LogP contribution in [-0.4, -0.2) is 19.1 Å². The number of rotatable bonds is 6. The molecule has 0 atom stereocenters. The molecule has 0 aromatic heterocycles. The lowest BCUT2D eigenvalue weighted by atomic mass is 9.81. The lowest BCUT2D eigenvalue weighted by Gasteiger charge is -2.32. The van der Waals surface area contributed by atoms with Crippen molar-refractivity contribution in [2.24, 2.45) is 11.8 Å². The third kappa shape index (κ3) is 7.08. The van der Waals surface area contributed by atoms with E-state index in [1.54, 1.807) is 18.2 Å². The summed E-state index contributed by atoms with van der Waals surface area (Å²) < 4.78 is 46.9. The maximum atomic E-state index is 12.3. The molecule has 29 heavy (non-hydrogen) atoms. The number of hydrogen-bond donors (Lipinski definition) is 0. The third-order valence-electron chi connectivity index (χ3n) is 6.16. The van der Waals surface area contributed by atoms with Crippen molar-refractivity contribution >= 4 is 0 Å². The second-order valence-corrected chi connectivity index (χ2v) is 8.19. The summed E-state index contributed by atoms with van der Waals surface area (Å²) in [6.45, 7) is 0.813. The minimum atomic E-state index is -4.65. The van der Waals surface area contributed by atoms with Crippen molar-refractivity contribution in [2.45, 2.75) is 69.8 Å². The van der Waals surface area contributed by atoms with Gasteiger partial charge < -0.3 is 9.47 Å². The number of hydrogen-bond acceptors (Lipinski definition) is 3. The molecule has 158 valence electrons. The summed E-state index contributed by atoms with van der Waals surface area (Å²) in [5.74, 6) is 1.35. The Morgan fingerprint density at radius 2 is 1.62 bits per heavy atom. The molecule has 2 fully saturated rings. The molecular formula is C23H28F3NO2. The van der Waals surface area contributed by atoms with Crippen LogP contribution in [0.2, 0.25) is 0 Å². The molecule has 0 radical (unpaired) electrons. The fourth-order valence-electron chi connectivity index (χ4n) is 4.50. The smallest absolute Gasteiger partial charge is 0.406 e. The quantitative estimate of drug-likeness (QED) is 0.505. The molecular weight excluding hydrogens is 379 g/mol. The van der Waals surface area contributed by atoms with E-state index in [1.807, 2.05) is 6.08 Å². The van der Waals surface area contributed by atoms with Crippen molar-refractivity contribution in [3.63, 3.8) is 0 Å². The van der Waals surface area contributed by atoms with Gasteiger partial charge in [-0.15, -0.1) is 13.2 Å². The van der Waals surface area contributed by atoms with Crippen molar-refractivity contribution in [1.29, 1.82) is 5.26 Å². The molecule has 0 aliphatic heterocycles. The minimum Gasteiger partial charge on any atom is -0.406 e. The number of nitrogens with zero attached hydrogens (tertiary/aromatic N) is 1. The van der Waals surface area contributed by atoms with Crippen molar-refractivity contribution in [1.82, 2.24) is 0 Å². The molecule has 3 nitrogen and oxygen atoms in total. The molecule has 1 aromatic carbocycles. The Morgan fingerprint density at radius 3 is 2.21 bits per heavy atom. The van der Waals surface area contributed by atoms with E-state index in [9.17, 15) is 13.2 Å². The zero-order valence-electron chi connectivity index (χ0n) is 16.5. The highest BCUT2D eigenvalue weighted by molar-refractivity contribution is 5.29. The van der Waals surface area contributed by atoms with Crippen LogP contribution in [0.4, 0.5) is 13.2 Å². The van der Waals surface area contributed by atoms with Crippen molar-refractivity contribution in [2.75, 3.05) is 6.61 Å². The molecule has 0 saturated heterocycles. The van der Waals surface area contributed by atoms with E-state index >= 15 is 0 Å². The Balaban J connectivity index is 1.37. The van der Waals surface area contributed by atoms with Gasteiger partial charge in [0.05, 0.1) is 12.2 Å². The van der Waals surface area contributed by atoms with Crippen LogP contribution >= 0.6 is 0 Å². The highest BCUT2D eigenvalue weighted by Gasteiger charge is 2.31. The molecule has 6 heteroatoms. The van der Waals surface area contributed by atoms with Gasteiger partial charge >= 0.3 is 6.36 Å². The van der Waals surface area contributed by atoms with Crippen LogP contribution in [0.1, 0.15) is 62.8 Å². The van der Waals surface area contributed by atoms with E-state index in [0.717, 1.165) is 63.5 Å². The van der Waals surface area contributed by atoms with Crippen LogP contribution in [0.15, 0.2) is 36.4 Å². The standard InChI is InChI=1S/C23H28F3NO2/c24-23(25,26)29-22-13-9-20(10-14-22)19-7-11-21(12-8-19)28-16-18-5-3-17(4-6-18)2-1-15-27/h1-2,9-10,13-14,17-19,21H,3-8,11-12,16H2. The van der Waals surface area contributed by atoms with E-state index in [4.69, 9.17) is 10.00 Å². The average molecular weight is 407 g/mol. The summed E-state index contributed by atoms with van der Waals surface area (Å²) in [6.07, 6.45) is 7.81. The fraction of sp³-hybridized carbons (Fsp3) is 0.609. The summed E-state index contributed by atoms with van der Waals surface area (Å²) >= 11 is 0. The van der Waals surface area contributed by atoms with Gasteiger partial charge in [0.15, 0.2) is 0 Å². The van der Waals surface area contributed by atoms with Crippen molar-refractivity contribution < 1.29 is 22.6 Å². The maximum absolute atomic E-state index is 12.3. The van der Waals surface area contributed by atoms with Gasteiger partial charge in [0.1, 0.15) is 5.75 Å². The van der Waals surface area contributed by atoms with Gasteiger partial charge in [-0.05, 0) is 86.8 Å². The Morgan fingerprint density at radius 1 is 0.966 bits per heavy atom.